The van der Waals surface area contributed by atoms with Gasteiger partial charge in [0.25, 0.3) is 0 Å². The molecule has 7 nitrogen and oxygen atoms in total. The number of benzene rings is 2. The Bertz CT molecular complexity index is 1020. The molecule has 4 rings (SSSR count). The highest BCUT2D eigenvalue weighted by atomic mass is 16.5. The fourth-order valence-electron chi connectivity index (χ4n) is 5.25. The number of carbonyl (C=O) groups excluding carboxylic acids is 2. The molecule has 0 spiro atoms. The Morgan fingerprint density at radius 3 is 2.26 bits per heavy atom. The van der Waals surface area contributed by atoms with Crippen molar-refractivity contribution in [3.63, 3.8) is 0 Å². The molecule has 0 radical (unpaired) electrons. The molecule has 34 heavy (non-hydrogen) atoms. The highest BCUT2D eigenvalue weighted by Crippen LogP contribution is 2.44. The van der Waals surface area contributed by atoms with E-state index in [0.717, 1.165) is 28.7 Å². The zero-order valence-electron chi connectivity index (χ0n) is 19.7. The summed E-state index contributed by atoms with van der Waals surface area (Å²) in [5.41, 5.74) is 4.61. The largest absolute Gasteiger partial charge is 0.480 e. The minimum Gasteiger partial charge on any atom is -0.480 e. The summed E-state index contributed by atoms with van der Waals surface area (Å²) >= 11 is 0. The highest BCUT2D eigenvalue weighted by Gasteiger charge is 2.38. The Labute approximate surface area is 200 Å². The number of ether oxygens (including phenoxy) is 1. The molecule has 2 aromatic rings. The smallest absolute Gasteiger partial charge is 0.407 e. The van der Waals surface area contributed by atoms with Crippen molar-refractivity contribution in [3.8, 4) is 11.1 Å². The SMILES string of the molecule is CCC(C)N(CC(=O)O)C(=O)C1CCCC1NC(=O)OCC1c2ccccc2-c2ccccc21. The number of fused-ring (bicyclic) bond motifs is 3. The van der Waals surface area contributed by atoms with Gasteiger partial charge in [0.15, 0.2) is 0 Å². The molecule has 2 N–H and O–H groups in total. The van der Waals surface area contributed by atoms with E-state index < -0.39 is 18.0 Å². The van der Waals surface area contributed by atoms with Gasteiger partial charge in [0.2, 0.25) is 5.91 Å². The van der Waals surface area contributed by atoms with Gasteiger partial charge in [0, 0.05) is 18.0 Å². The lowest BCUT2D eigenvalue weighted by molar-refractivity contribution is -0.148. The highest BCUT2D eigenvalue weighted by molar-refractivity contribution is 5.85. The van der Waals surface area contributed by atoms with Gasteiger partial charge >= 0.3 is 12.1 Å². The normalized spacial score (nSPS) is 19.7. The molecule has 0 bridgehead atoms. The van der Waals surface area contributed by atoms with Crippen LogP contribution in [0.3, 0.4) is 0 Å². The summed E-state index contributed by atoms with van der Waals surface area (Å²) in [4.78, 5) is 38.7. The van der Waals surface area contributed by atoms with Crippen molar-refractivity contribution in [2.75, 3.05) is 13.2 Å². The van der Waals surface area contributed by atoms with Crippen molar-refractivity contribution >= 4 is 18.0 Å². The van der Waals surface area contributed by atoms with Crippen LogP contribution in [0.15, 0.2) is 48.5 Å². The Kier molecular flexibility index (Phi) is 7.20. The van der Waals surface area contributed by atoms with Crippen molar-refractivity contribution in [2.24, 2.45) is 5.92 Å². The minimum absolute atomic E-state index is 0.0318. The Morgan fingerprint density at radius 1 is 1.06 bits per heavy atom. The maximum Gasteiger partial charge on any atom is 0.407 e. The Hall–Kier alpha value is -3.35. The van der Waals surface area contributed by atoms with Gasteiger partial charge in [-0.25, -0.2) is 4.79 Å². The van der Waals surface area contributed by atoms with E-state index in [0.29, 0.717) is 19.3 Å². The number of aliphatic carboxylic acids is 1. The van der Waals surface area contributed by atoms with E-state index in [9.17, 15) is 19.5 Å². The molecular formula is C27H32N2O5. The number of nitrogens with one attached hydrogen (secondary N) is 1. The molecule has 2 aliphatic rings. The quantitative estimate of drug-likeness (QED) is 0.604. The molecule has 0 aromatic heterocycles. The van der Waals surface area contributed by atoms with Crippen LogP contribution in [0.25, 0.3) is 11.1 Å². The van der Waals surface area contributed by atoms with Crippen molar-refractivity contribution < 1.29 is 24.2 Å². The second-order valence-electron chi connectivity index (χ2n) is 9.23. The first-order valence-corrected chi connectivity index (χ1v) is 12.0. The average Bonchev–Trinajstić information content (AvgIpc) is 3.42. The number of carboxylic acids is 1. The summed E-state index contributed by atoms with van der Waals surface area (Å²) in [7, 11) is 0. The van der Waals surface area contributed by atoms with E-state index >= 15 is 0 Å². The standard InChI is InChI=1S/C27H32N2O5/c1-3-17(2)29(15-25(30)31)26(32)22-13-8-14-24(22)28-27(33)34-16-23-20-11-6-4-9-18(20)19-10-5-7-12-21(19)23/h4-7,9-12,17,22-24H,3,8,13-16H2,1-2H3,(H,28,33)(H,30,31). The molecule has 1 saturated carbocycles. The van der Waals surface area contributed by atoms with Crippen molar-refractivity contribution in [1.82, 2.24) is 10.2 Å². The van der Waals surface area contributed by atoms with Crippen molar-refractivity contribution in [2.45, 2.75) is 57.5 Å². The van der Waals surface area contributed by atoms with Crippen LogP contribution in [0.4, 0.5) is 4.79 Å². The summed E-state index contributed by atoms with van der Waals surface area (Å²) < 4.78 is 5.65. The summed E-state index contributed by atoms with van der Waals surface area (Å²) in [6.45, 7) is 3.66. The van der Waals surface area contributed by atoms with Crippen LogP contribution in [0, 0.1) is 5.92 Å². The molecule has 3 atom stereocenters. The number of hydrogen-bond donors (Lipinski definition) is 2. The zero-order valence-corrected chi connectivity index (χ0v) is 19.7. The van der Waals surface area contributed by atoms with Gasteiger partial charge in [-0.1, -0.05) is 61.9 Å². The van der Waals surface area contributed by atoms with Gasteiger partial charge in [0.05, 0.1) is 5.92 Å². The lowest BCUT2D eigenvalue weighted by atomic mass is 9.98. The molecule has 0 saturated heterocycles. The summed E-state index contributed by atoms with van der Waals surface area (Å²) in [6.07, 6.45) is 2.21. The molecule has 3 unspecified atom stereocenters. The number of carboxylic acid groups (broad SMARTS) is 1. The molecular weight excluding hydrogens is 432 g/mol. The third-order valence-corrected chi connectivity index (χ3v) is 7.19. The van der Waals surface area contributed by atoms with Gasteiger partial charge in [-0.2, -0.15) is 0 Å². The summed E-state index contributed by atoms with van der Waals surface area (Å²) in [5.74, 6) is -1.71. The van der Waals surface area contributed by atoms with E-state index in [1.54, 1.807) is 0 Å². The number of carbonyl (C=O) groups is 3. The van der Waals surface area contributed by atoms with Crippen molar-refractivity contribution in [3.05, 3.63) is 59.7 Å². The fraction of sp³-hybridized carbons (Fsp3) is 0.444. The van der Waals surface area contributed by atoms with Gasteiger partial charge in [-0.15, -0.1) is 0 Å². The van der Waals surface area contributed by atoms with Crippen LogP contribution in [0.1, 0.15) is 56.6 Å². The zero-order chi connectivity index (χ0) is 24.2. The number of amides is 2. The topological polar surface area (TPSA) is 95.9 Å². The van der Waals surface area contributed by atoms with E-state index in [1.165, 1.54) is 4.90 Å². The summed E-state index contributed by atoms with van der Waals surface area (Å²) in [6, 6.07) is 15.8. The lowest BCUT2D eigenvalue weighted by Gasteiger charge is -2.31. The second-order valence-corrected chi connectivity index (χ2v) is 9.23. The molecule has 0 aliphatic heterocycles. The lowest BCUT2D eigenvalue weighted by Crippen LogP contribution is -2.49. The van der Waals surface area contributed by atoms with Gasteiger partial charge in [0.1, 0.15) is 13.2 Å². The van der Waals surface area contributed by atoms with Crippen LogP contribution in [-0.2, 0) is 14.3 Å². The second kappa shape index (κ2) is 10.3. The molecule has 2 aliphatic carbocycles. The van der Waals surface area contributed by atoms with Gasteiger partial charge in [-0.05, 0) is 48.4 Å². The van der Waals surface area contributed by atoms with E-state index in [2.05, 4.69) is 29.6 Å². The summed E-state index contributed by atoms with van der Waals surface area (Å²) in [5, 5.41) is 12.2. The van der Waals surface area contributed by atoms with Crippen LogP contribution in [0.2, 0.25) is 0 Å². The number of hydrogen-bond acceptors (Lipinski definition) is 4. The predicted molar refractivity (Wildman–Crippen MR) is 128 cm³/mol. The molecule has 2 aromatic carbocycles. The van der Waals surface area contributed by atoms with Crippen LogP contribution in [0.5, 0.6) is 0 Å². The first kappa shape index (κ1) is 23.8. The van der Waals surface area contributed by atoms with E-state index in [-0.39, 0.29) is 37.1 Å². The van der Waals surface area contributed by atoms with E-state index in [4.69, 9.17) is 4.74 Å². The molecule has 1 fully saturated rings. The predicted octanol–water partition coefficient (Wildman–Crippen LogP) is 4.41. The Morgan fingerprint density at radius 2 is 1.68 bits per heavy atom. The Balaban J connectivity index is 1.40. The number of nitrogens with zero attached hydrogens (tertiary/aromatic N) is 1. The first-order chi connectivity index (χ1) is 16.4. The van der Waals surface area contributed by atoms with Crippen LogP contribution < -0.4 is 5.32 Å². The molecule has 180 valence electrons. The first-order valence-electron chi connectivity index (χ1n) is 12.0. The number of rotatable bonds is 8. The number of alkyl carbamates (subject to hydrolysis) is 1. The molecule has 0 heterocycles. The van der Waals surface area contributed by atoms with Gasteiger partial charge in [-0.3, -0.25) is 9.59 Å². The average molecular weight is 465 g/mol. The third kappa shape index (κ3) is 4.79. The van der Waals surface area contributed by atoms with Crippen LogP contribution in [-0.4, -0.2) is 53.2 Å². The van der Waals surface area contributed by atoms with Crippen LogP contribution >= 0.6 is 0 Å². The maximum absolute atomic E-state index is 13.2. The molecule has 2 amide bonds. The van der Waals surface area contributed by atoms with E-state index in [1.807, 2.05) is 38.1 Å². The van der Waals surface area contributed by atoms with Crippen molar-refractivity contribution in [1.29, 1.82) is 0 Å². The molecule has 7 heteroatoms. The maximum atomic E-state index is 13.2. The third-order valence-electron chi connectivity index (χ3n) is 7.19. The fourth-order valence-corrected chi connectivity index (χ4v) is 5.25. The monoisotopic (exact) mass is 464 g/mol. The minimum atomic E-state index is -1.03. The van der Waals surface area contributed by atoms with Gasteiger partial charge < -0.3 is 20.1 Å².